The quantitative estimate of drug-likeness (QED) is 0.405. The normalized spacial score (nSPS) is 19.2. The van der Waals surface area contributed by atoms with Crippen LogP contribution in [0.2, 0.25) is 0 Å². The number of morpholine rings is 1. The molecule has 8 heteroatoms. The minimum Gasteiger partial charge on any atom is -0.497 e. The Morgan fingerprint density at radius 1 is 1.13 bits per heavy atom. The highest BCUT2D eigenvalue weighted by molar-refractivity contribution is 5.84. The van der Waals surface area contributed by atoms with Gasteiger partial charge in [-0.25, -0.2) is 9.37 Å². The lowest BCUT2D eigenvalue weighted by molar-refractivity contribution is -0.146. The van der Waals surface area contributed by atoms with Crippen LogP contribution in [0.25, 0.3) is 10.9 Å². The van der Waals surface area contributed by atoms with Gasteiger partial charge in [0.25, 0.3) is 0 Å². The predicted molar refractivity (Wildman–Crippen MR) is 150 cm³/mol. The Hall–Kier alpha value is -3.23. The highest BCUT2D eigenvalue weighted by Crippen LogP contribution is 2.32. The van der Waals surface area contributed by atoms with E-state index in [1.54, 1.807) is 19.2 Å². The monoisotopic (exact) mass is 535 g/mol. The first kappa shape index (κ1) is 27.3. The number of hydrogen-bond acceptors (Lipinski definition) is 6. The van der Waals surface area contributed by atoms with Crippen LogP contribution in [-0.4, -0.2) is 68.0 Å². The molecule has 2 fully saturated rings. The van der Waals surface area contributed by atoms with Gasteiger partial charge in [-0.1, -0.05) is 12.1 Å². The molecule has 1 amide bonds. The molecule has 1 unspecified atom stereocenters. The molecule has 1 atom stereocenters. The van der Waals surface area contributed by atoms with E-state index in [4.69, 9.17) is 19.2 Å². The number of nitrogens with zero attached hydrogens (tertiary/aromatic N) is 3. The summed E-state index contributed by atoms with van der Waals surface area (Å²) in [6.07, 6.45) is 2.04. The summed E-state index contributed by atoms with van der Waals surface area (Å²) >= 11 is 0. The average Bonchev–Trinajstić information content (AvgIpc) is 2.95. The van der Waals surface area contributed by atoms with Crippen LogP contribution >= 0.6 is 0 Å². The van der Waals surface area contributed by atoms with Crippen molar-refractivity contribution < 1.29 is 23.4 Å². The zero-order chi connectivity index (χ0) is 27.4. The lowest BCUT2D eigenvalue weighted by Gasteiger charge is -2.37. The van der Waals surface area contributed by atoms with Crippen molar-refractivity contribution in [3.63, 3.8) is 0 Å². The number of fused-ring (bicyclic) bond motifs is 1. The third-order valence-electron chi connectivity index (χ3n) is 7.69. The van der Waals surface area contributed by atoms with Crippen molar-refractivity contribution in [2.45, 2.75) is 45.3 Å². The summed E-state index contributed by atoms with van der Waals surface area (Å²) < 4.78 is 30.5. The number of carbonyl (C=O) groups is 1. The van der Waals surface area contributed by atoms with Crippen molar-refractivity contribution in [2.75, 3.05) is 51.5 Å². The van der Waals surface area contributed by atoms with Gasteiger partial charge in [0.15, 0.2) is 0 Å². The second kappa shape index (κ2) is 11.9. The molecule has 2 aliphatic heterocycles. The first-order valence-corrected chi connectivity index (χ1v) is 13.8. The van der Waals surface area contributed by atoms with Crippen molar-refractivity contribution >= 4 is 22.6 Å². The van der Waals surface area contributed by atoms with E-state index in [-0.39, 0.29) is 23.2 Å². The number of amides is 1. The molecule has 0 N–H and O–H groups in total. The number of anilines is 1. The first-order chi connectivity index (χ1) is 18.8. The molecule has 2 saturated heterocycles. The summed E-state index contributed by atoms with van der Waals surface area (Å²) in [4.78, 5) is 23.3. The molecule has 7 nitrogen and oxygen atoms in total. The molecular weight excluding hydrogens is 497 g/mol. The Balaban J connectivity index is 1.48. The second-order valence-electron chi connectivity index (χ2n) is 11.1. The van der Waals surface area contributed by atoms with Crippen LogP contribution < -0.4 is 9.64 Å². The number of aromatic nitrogens is 1. The molecule has 3 aromatic rings. The molecule has 3 heterocycles. The maximum Gasteiger partial charge on any atom is 0.226 e. The third-order valence-corrected chi connectivity index (χ3v) is 7.69. The molecule has 0 aliphatic carbocycles. The summed E-state index contributed by atoms with van der Waals surface area (Å²) in [7, 11) is 1.65. The largest absolute Gasteiger partial charge is 0.497 e. The zero-order valence-corrected chi connectivity index (χ0v) is 23.1. The Morgan fingerprint density at radius 3 is 2.62 bits per heavy atom. The van der Waals surface area contributed by atoms with Crippen LogP contribution in [0, 0.1) is 11.7 Å². The van der Waals surface area contributed by atoms with Gasteiger partial charge in [-0.2, -0.15) is 0 Å². The highest BCUT2D eigenvalue weighted by atomic mass is 19.1. The van der Waals surface area contributed by atoms with E-state index in [9.17, 15) is 9.18 Å². The van der Waals surface area contributed by atoms with E-state index >= 15 is 0 Å². The summed E-state index contributed by atoms with van der Waals surface area (Å²) in [6, 6.07) is 14.6. The van der Waals surface area contributed by atoms with E-state index in [2.05, 4.69) is 11.0 Å². The van der Waals surface area contributed by atoms with Gasteiger partial charge in [-0.05, 0) is 69.0 Å². The number of hydrogen-bond donors (Lipinski definition) is 0. The molecule has 1 aromatic heterocycles. The molecule has 2 aromatic carbocycles. The fourth-order valence-electron chi connectivity index (χ4n) is 5.56. The van der Waals surface area contributed by atoms with Gasteiger partial charge in [-0.15, -0.1) is 0 Å². The van der Waals surface area contributed by atoms with Gasteiger partial charge in [0.05, 0.1) is 31.4 Å². The van der Waals surface area contributed by atoms with E-state index in [0.717, 1.165) is 46.7 Å². The van der Waals surface area contributed by atoms with Crippen molar-refractivity contribution in [1.29, 1.82) is 0 Å². The number of benzene rings is 2. The molecule has 39 heavy (non-hydrogen) atoms. The third kappa shape index (κ3) is 6.68. The van der Waals surface area contributed by atoms with E-state index < -0.39 is 0 Å². The van der Waals surface area contributed by atoms with E-state index in [1.807, 2.05) is 36.9 Å². The minimum atomic E-state index is -0.330. The van der Waals surface area contributed by atoms with Gasteiger partial charge in [0, 0.05) is 55.7 Å². The molecule has 0 radical (unpaired) electrons. The van der Waals surface area contributed by atoms with E-state index in [1.165, 1.54) is 12.1 Å². The summed E-state index contributed by atoms with van der Waals surface area (Å²) in [5.74, 6) is 1.41. The second-order valence-corrected chi connectivity index (χ2v) is 11.1. The maximum absolute atomic E-state index is 14.0. The Morgan fingerprint density at radius 2 is 1.90 bits per heavy atom. The zero-order valence-electron chi connectivity index (χ0n) is 23.1. The van der Waals surface area contributed by atoms with Gasteiger partial charge < -0.3 is 24.0 Å². The predicted octanol–water partition coefficient (Wildman–Crippen LogP) is 5.00. The lowest BCUT2D eigenvalue weighted by Crippen LogP contribution is -2.44. The van der Waals surface area contributed by atoms with Crippen molar-refractivity contribution in [3.8, 4) is 5.75 Å². The van der Waals surface area contributed by atoms with Crippen LogP contribution in [0.4, 0.5) is 10.2 Å². The molecule has 5 rings (SSSR count). The summed E-state index contributed by atoms with van der Waals surface area (Å²) in [6.45, 7) is 8.42. The number of rotatable bonds is 8. The molecule has 2 aliphatic rings. The Bertz CT molecular complexity index is 1290. The fourth-order valence-corrected chi connectivity index (χ4v) is 5.56. The fraction of sp³-hybridized carbons (Fsp3) is 0.484. The van der Waals surface area contributed by atoms with Crippen LogP contribution in [0.5, 0.6) is 5.75 Å². The molecule has 208 valence electrons. The van der Waals surface area contributed by atoms with E-state index in [0.29, 0.717) is 52.2 Å². The van der Waals surface area contributed by atoms with Gasteiger partial charge in [0.1, 0.15) is 17.4 Å². The Labute approximate surface area is 229 Å². The van der Waals surface area contributed by atoms with Crippen molar-refractivity contribution in [2.24, 2.45) is 5.92 Å². The van der Waals surface area contributed by atoms with Crippen LogP contribution in [0.1, 0.15) is 37.8 Å². The number of carbonyl (C=O) groups excluding carboxylic acids is 1. The standard InChI is InChI=1S/C31H38FN3O4/c1-31(2)20-24(11-15-39-31)30(36)35(12-10-22-4-7-26(32)8-5-22)21-25-18-23-6-9-27(37-3)19-28(23)33-29(25)34-13-16-38-17-14-34/h4-9,18-19,24H,10-17,20-21H2,1-3H3. The lowest BCUT2D eigenvalue weighted by atomic mass is 9.87. The molecule has 0 spiro atoms. The van der Waals surface area contributed by atoms with Crippen molar-refractivity contribution in [3.05, 3.63) is 65.5 Å². The minimum absolute atomic E-state index is 0.105. The number of halogens is 1. The molecule has 0 saturated carbocycles. The molecule has 0 bridgehead atoms. The number of pyridine rings is 1. The van der Waals surface area contributed by atoms with Gasteiger partial charge in [0.2, 0.25) is 5.91 Å². The summed E-state index contributed by atoms with van der Waals surface area (Å²) in [5, 5.41) is 1.00. The van der Waals surface area contributed by atoms with Crippen LogP contribution in [-0.2, 0) is 27.2 Å². The van der Waals surface area contributed by atoms with Crippen LogP contribution in [0.3, 0.4) is 0 Å². The highest BCUT2D eigenvalue weighted by Gasteiger charge is 2.35. The number of ether oxygens (including phenoxy) is 3. The Kier molecular flexibility index (Phi) is 8.33. The smallest absolute Gasteiger partial charge is 0.226 e. The SMILES string of the molecule is COc1ccc2cc(CN(CCc3ccc(F)cc3)C(=O)C3CCOC(C)(C)C3)c(N3CCOCC3)nc2c1. The van der Waals surface area contributed by atoms with Gasteiger partial charge in [-0.3, -0.25) is 4.79 Å². The topological polar surface area (TPSA) is 64.1 Å². The maximum atomic E-state index is 14.0. The number of methoxy groups -OCH3 is 1. The first-order valence-electron chi connectivity index (χ1n) is 13.8. The van der Waals surface area contributed by atoms with Crippen molar-refractivity contribution in [1.82, 2.24) is 9.88 Å². The van der Waals surface area contributed by atoms with Crippen LogP contribution in [0.15, 0.2) is 48.5 Å². The summed E-state index contributed by atoms with van der Waals surface area (Å²) in [5.41, 5.74) is 2.53. The molecular formula is C31H38FN3O4. The average molecular weight is 536 g/mol. The van der Waals surface area contributed by atoms with Gasteiger partial charge >= 0.3 is 0 Å².